The Morgan fingerprint density at radius 2 is 1.93 bits per heavy atom. The zero-order valence-corrected chi connectivity index (χ0v) is 10.4. The van der Waals surface area contributed by atoms with E-state index in [0.29, 0.717) is 6.54 Å². The van der Waals surface area contributed by atoms with E-state index in [1.54, 1.807) is 0 Å². The van der Waals surface area contributed by atoms with Crippen LogP contribution in [-0.2, 0) is 5.41 Å². The monoisotopic (exact) mass is 269 g/mol. The number of hydrogen-bond donors (Lipinski definition) is 2. The summed E-state index contributed by atoms with van der Waals surface area (Å²) < 4.78 is 1.06. The molecule has 0 bridgehead atoms. The van der Waals surface area contributed by atoms with Crippen LogP contribution in [0.4, 0.5) is 0 Å². The summed E-state index contributed by atoms with van der Waals surface area (Å²) in [5.41, 5.74) is 5.94. The third kappa shape index (κ3) is 1.73. The van der Waals surface area contributed by atoms with Crippen LogP contribution in [0.15, 0.2) is 28.7 Å². The largest absolute Gasteiger partial charge is 0.388 e. The number of aliphatic hydroxyl groups is 1. The highest BCUT2D eigenvalue weighted by molar-refractivity contribution is 9.10. The van der Waals surface area contributed by atoms with E-state index >= 15 is 0 Å². The molecular formula is C12H16BrNO. The highest BCUT2D eigenvalue weighted by atomic mass is 79.9. The van der Waals surface area contributed by atoms with Crippen molar-refractivity contribution >= 4 is 15.9 Å². The Bertz CT molecular complexity index is 354. The van der Waals surface area contributed by atoms with E-state index in [9.17, 15) is 5.11 Å². The summed E-state index contributed by atoms with van der Waals surface area (Å²) in [5, 5.41) is 10.3. The van der Waals surface area contributed by atoms with E-state index in [2.05, 4.69) is 28.1 Å². The lowest BCUT2D eigenvalue weighted by atomic mass is 9.80. The number of benzene rings is 1. The van der Waals surface area contributed by atoms with Crippen LogP contribution in [0, 0.1) is 0 Å². The topological polar surface area (TPSA) is 46.2 Å². The van der Waals surface area contributed by atoms with Gasteiger partial charge in [0.2, 0.25) is 0 Å². The predicted molar refractivity (Wildman–Crippen MR) is 64.7 cm³/mol. The first-order chi connectivity index (χ1) is 7.02. The summed E-state index contributed by atoms with van der Waals surface area (Å²) in [6, 6.07) is 8.17. The van der Waals surface area contributed by atoms with Gasteiger partial charge in [0.25, 0.3) is 0 Å². The molecule has 0 amide bonds. The van der Waals surface area contributed by atoms with E-state index in [1.165, 1.54) is 5.56 Å². The molecule has 1 atom stereocenters. The molecule has 1 aromatic rings. The lowest BCUT2D eigenvalue weighted by Crippen LogP contribution is -2.46. The van der Waals surface area contributed by atoms with Crippen molar-refractivity contribution in [3.8, 4) is 0 Å². The first-order valence-electron chi connectivity index (χ1n) is 5.20. The Balaban J connectivity index is 2.34. The highest BCUT2D eigenvalue weighted by Gasteiger charge is 2.56. The van der Waals surface area contributed by atoms with Crippen molar-refractivity contribution in [2.45, 2.75) is 30.8 Å². The Morgan fingerprint density at radius 3 is 2.33 bits per heavy atom. The third-order valence-corrected chi connectivity index (χ3v) is 4.10. The predicted octanol–water partition coefficient (Wildman–Crippen LogP) is 2.19. The smallest absolute Gasteiger partial charge is 0.0837 e. The van der Waals surface area contributed by atoms with Gasteiger partial charge in [0, 0.05) is 16.4 Å². The van der Waals surface area contributed by atoms with Gasteiger partial charge < -0.3 is 10.8 Å². The molecule has 1 fully saturated rings. The molecule has 3 N–H and O–H groups in total. The van der Waals surface area contributed by atoms with Crippen LogP contribution in [-0.4, -0.2) is 17.3 Å². The molecule has 3 heteroatoms. The molecule has 0 radical (unpaired) electrons. The molecule has 15 heavy (non-hydrogen) atoms. The van der Waals surface area contributed by atoms with Gasteiger partial charge in [0.05, 0.1) is 5.60 Å². The molecule has 0 heterocycles. The quantitative estimate of drug-likeness (QED) is 0.884. The third-order valence-electron chi connectivity index (χ3n) is 3.58. The molecular weight excluding hydrogens is 254 g/mol. The van der Waals surface area contributed by atoms with Crippen LogP contribution >= 0.6 is 15.9 Å². The van der Waals surface area contributed by atoms with E-state index in [1.807, 2.05) is 19.1 Å². The summed E-state index contributed by atoms with van der Waals surface area (Å²) in [4.78, 5) is 0. The summed E-state index contributed by atoms with van der Waals surface area (Å²) in [6.45, 7) is 2.14. The second kappa shape index (κ2) is 3.58. The summed E-state index contributed by atoms with van der Waals surface area (Å²) in [7, 11) is 0. The van der Waals surface area contributed by atoms with Crippen LogP contribution in [0.5, 0.6) is 0 Å². The first-order valence-corrected chi connectivity index (χ1v) is 6.00. The molecule has 2 rings (SSSR count). The Labute approximate surface area is 98.6 Å². The second-order valence-electron chi connectivity index (χ2n) is 4.57. The summed E-state index contributed by atoms with van der Waals surface area (Å²) in [6.07, 6.45) is 2.05. The van der Waals surface area contributed by atoms with Crippen molar-refractivity contribution < 1.29 is 5.11 Å². The fourth-order valence-corrected chi connectivity index (χ4v) is 2.49. The van der Waals surface area contributed by atoms with Crippen molar-refractivity contribution in [2.75, 3.05) is 6.54 Å². The standard InChI is InChI=1S/C12H16BrNO/c1-11(15,8-14)12(6-7-12)9-2-4-10(13)5-3-9/h2-5,15H,6-8,14H2,1H3. The summed E-state index contributed by atoms with van der Waals surface area (Å²) >= 11 is 3.41. The number of rotatable bonds is 3. The molecule has 0 saturated heterocycles. The molecule has 1 saturated carbocycles. The van der Waals surface area contributed by atoms with Gasteiger partial charge in [-0.1, -0.05) is 28.1 Å². The second-order valence-corrected chi connectivity index (χ2v) is 5.48. The fraction of sp³-hybridized carbons (Fsp3) is 0.500. The minimum Gasteiger partial charge on any atom is -0.388 e. The molecule has 1 aliphatic rings. The van der Waals surface area contributed by atoms with Crippen LogP contribution in [0.3, 0.4) is 0 Å². The molecule has 0 aromatic heterocycles. The van der Waals surface area contributed by atoms with E-state index < -0.39 is 5.60 Å². The fourth-order valence-electron chi connectivity index (χ4n) is 2.23. The first kappa shape index (κ1) is 11.1. The molecule has 0 aliphatic heterocycles. The van der Waals surface area contributed by atoms with Gasteiger partial charge in [-0.25, -0.2) is 0 Å². The molecule has 0 spiro atoms. The highest BCUT2D eigenvalue weighted by Crippen LogP contribution is 2.55. The Hall–Kier alpha value is -0.380. The van der Waals surface area contributed by atoms with Gasteiger partial charge in [-0.05, 0) is 37.5 Å². The Morgan fingerprint density at radius 1 is 1.40 bits per heavy atom. The maximum Gasteiger partial charge on any atom is 0.0837 e. The maximum absolute atomic E-state index is 10.3. The van der Waals surface area contributed by atoms with Gasteiger partial charge in [-0.3, -0.25) is 0 Å². The van der Waals surface area contributed by atoms with Gasteiger partial charge >= 0.3 is 0 Å². The Kier molecular flexibility index (Phi) is 2.65. The molecule has 1 aromatic carbocycles. The van der Waals surface area contributed by atoms with Crippen molar-refractivity contribution in [1.82, 2.24) is 0 Å². The number of hydrogen-bond acceptors (Lipinski definition) is 2. The molecule has 1 aliphatic carbocycles. The van der Waals surface area contributed by atoms with Crippen molar-refractivity contribution in [3.63, 3.8) is 0 Å². The number of halogens is 1. The van der Waals surface area contributed by atoms with Crippen LogP contribution in [0.1, 0.15) is 25.3 Å². The average Bonchev–Trinajstić information content (AvgIpc) is 3.00. The van der Waals surface area contributed by atoms with Crippen LogP contribution < -0.4 is 5.73 Å². The zero-order chi connectivity index (χ0) is 11.1. The lowest BCUT2D eigenvalue weighted by molar-refractivity contribution is 0.0277. The van der Waals surface area contributed by atoms with Crippen LogP contribution in [0.25, 0.3) is 0 Å². The van der Waals surface area contributed by atoms with E-state index in [0.717, 1.165) is 17.3 Å². The van der Waals surface area contributed by atoms with Crippen LogP contribution in [0.2, 0.25) is 0 Å². The van der Waals surface area contributed by atoms with E-state index in [4.69, 9.17) is 5.73 Å². The van der Waals surface area contributed by atoms with Gasteiger partial charge in [-0.15, -0.1) is 0 Å². The maximum atomic E-state index is 10.3. The van der Waals surface area contributed by atoms with Gasteiger partial charge in [0.15, 0.2) is 0 Å². The van der Waals surface area contributed by atoms with Gasteiger partial charge in [-0.2, -0.15) is 0 Å². The summed E-state index contributed by atoms with van der Waals surface area (Å²) in [5.74, 6) is 0. The minimum absolute atomic E-state index is 0.109. The molecule has 2 nitrogen and oxygen atoms in total. The van der Waals surface area contributed by atoms with E-state index in [-0.39, 0.29) is 5.41 Å². The lowest BCUT2D eigenvalue weighted by Gasteiger charge is -2.32. The minimum atomic E-state index is -0.791. The normalized spacial score (nSPS) is 22.1. The number of nitrogens with two attached hydrogens (primary N) is 1. The van der Waals surface area contributed by atoms with Crippen molar-refractivity contribution in [1.29, 1.82) is 0 Å². The molecule has 1 unspecified atom stereocenters. The average molecular weight is 270 g/mol. The van der Waals surface area contributed by atoms with Crippen molar-refractivity contribution in [3.05, 3.63) is 34.3 Å². The van der Waals surface area contributed by atoms with Crippen molar-refractivity contribution in [2.24, 2.45) is 5.73 Å². The zero-order valence-electron chi connectivity index (χ0n) is 8.83. The van der Waals surface area contributed by atoms with Gasteiger partial charge in [0.1, 0.15) is 0 Å². The SMILES string of the molecule is CC(O)(CN)C1(c2ccc(Br)cc2)CC1. The molecule has 82 valence electrons.